The minimum Gasteiger partial charge on any atom is -0.278 e. The molecule has 0 fully saturated rings. The van der Waals surface area contributed by atoms with Gasteiger partial charge in [-0.2, -0.15) is 0 Å². The highest BCUT2D eigenvalue weighted by Gasteiger charge is 2.22. The Morgan fingerprint density at radius 2 is 1.89 bits per heavy atom. The highest BCUT2D eigenvalue weighted by atomic mass is 32.2. The lowest BCUT2D eigenvalue weighted by Crippen LogP contribution is -2.30. The zero-order valence-electron chi connectivity index (χ0n) is 15.6. The zero-order valence-corrected chi connectivity index (χ0v) is 17.3. The van der Waals surface area contributed by atoms with E-state index in [2.05, 4.69) is 4.98 Å². The van der Waals surface area contributed by atoms with Crippen molar-refractivity contribution in [2.45, 2.75) is 18.4 Å². The second-order valence-electron chi connectivity index (χ2n) is 6.36. The number of rotatable bonds is 5. The standard InChI is InChI=1S/C22H19N3OS2/c1-15-6-5-8-19-20(15)24-22(28-19)25(14-17-7-3-4-13-23-17)21(26)16-9-11-18(27-2)12-10-16/h3-13H,14H2,1-2H3. The Kier molecular flexibility index (Phi) is 5.41. The Bertz CT molecular complexity index is 1110. The Morgan fingerprint density at radius 3 is 2.57 bits per heavy atom. The molecule has 140 valence electrons. The number of fused-ring (bicyclic) bond motifs is 1. The highest BCUT2D eigenvalue weighted by molar-refractivity contribution is 7.98. The molecular weight excluding hydrogens is 386 g/mol. The monoisotopic (exact) mass is 405 g/mol. The summed E-state index contributed by atoms with van der Waals surface area (Å²) in [5.41, 5.74) is 3.52. The molecule has 0 unspecified atom stereocenters. The first-order valence-electron chi connectivity index (χ1n) is 8.87. The third-order valence-electron chi connectivity index (χ3n) is 4.47. The Balaban J connectivity index is 1.75. The van der Waals surface area contributed by atoms with Crippen LogP contribution in [0.1, 0.15) is 21.6 Å². The van der Waals surface area contributed by atoms with Gasteiger partial charge in [0, 0.05) is 16.7 Å². The van der Waals surface area contributed by atoms with Crippen molar-refractivity contribution in [2.24, 2.45) is 0 Å². The van der Waals surface area contributed by atoms with Crippen molar-refractivity contribution >= 4 is 44.4 Å². The van der Waals surface area contributed by atoms with Gasteiger partial charge in [0.25, 0.3) is 5.91 Å². The van der Waals surface area contributed by atoms with Crippen molar-refractivity contribution in [1.82, 2.24) is 9.97 Å². The van der Waals surface area contributed by atoms with Crippen LogP contribution in [0.4, 0.5) is 5.13 Å². The molecule has 0 aliphatic heterocycles. The van der Waals surface area contributed by atoms with Gasteiger partial charge in [-0.3, -0.25) is 14.7 Å². The molecule has 4 aromatic rings. The van der Waals surface area contributed by atoms with Gasteiger partial charge in [0.15, 0.2) is 5.13 Å². The molecule has 0 atom stereocenters. The third-order valence-corrected chi connectivity index (χ3v) is 6.26. The van der Waals surface area contributed by atoms with Gasteiger partial charge in [0.2, 0.25) is 0 Å². The van der Waals surface area contributed by atoms with E-state index >= 15 is 0 Å². The van der Waals surface area contributed by atoms with Crippen LogP contribution >= 0.6 is 23.1 Å². The molecule has 0 aliphatic rings. The van der Waals surface area contributed by atoms with Crippen LogP contribution in [0.15, 0.2) is 71.8 Å². The van der Waals surface area contributed by atoms with Gasteiger partial charge in [0.05, 0.1) is 22.5 Å². The maximum absolute atomic E-state index is 13.4. The fourth-order valence-corrected chi connectivity index (χ4v) is 4.41. The molecule has 2 heterocycles. The molecule has 6 heteroatoms. The number of anilines is 1. The van der Waals surface area contributed by atoms with E-state index in [9.17, 15) is 4.79 Å². The number of aromatic nitrogens is 2. The number of carbonyl (C=O) groups is 1. The summed E-state index contributed by atoms with van der Waals surface area (Å²) in [7, 11) is 0. The summed E-state index contributed by atoms with van der Waals surface area (Å²) in [6.45, 7) is 2.42. The molecule has 0 saturated carbocycles. The maximum atomic E-state index is 13.4. The van der Waals surface area contributed by atoms with Crippen molar-refractivity contribution in [3.8, 4) is 0 Å². The predicted molar refractivity (Wildman–Crippen MR) is 117 cm³/mol. The molecule has 0 spiro atoms. The number of carbonyl (C=O) groups excluding carboxylic acids is 1. The number of hydrogen-bond acceptors (Lipinski definition) is 5. The molecule has 0 saturated heterocycles. The molecule has 4 rings (SSSR count). The Morgan fingerprint density at radius 1 is 1.07 bits per heavy atom. The number of aryl methyl sites for hydroxylation is 1. The molecule has 2 aromatic carbocycles. The van der Waals surface area contributed by atoms with Crippen molar-refractivity contribution in [3.05, 3.63) is 83.7 Å². The summed E-state index contributed by atoms with van der Waals surface area (Å²) < 4.78 is 1.08. The molecule has 0 N–H and O–H groups in total. The first-order valence-corrected chi connectivity index (χ1v) is 10.9. The number of benzene rings is 2. The number of pyridine rings is 1. The van der Waals surface area contributed by atoms with E-state index in [4.69, 9.17) is 4.98 Å². The first-order chi connectivity index (χ1) is 13.7. The fraction of sp³-hybridized carbons (Fsp3) is 0.136. The van der Waals surface area contributed by atoms with Crippen LogP contribution < -0.4 is 4.90 Å². The van der Waals surface area contributed by atoms with E-state index in [0.717, 1.165) is 26.4 Å². The summed E-state index contributed by atoms with van der Waals surface area (Å²) in [6.07, 6.45) is 3.77. The van der Waals surface area contributed by atoms with E-state index < -0.39 is 0 Å². The summed E-state index contributed by atoms with van der Waals surface area (Å²) in [5, 5.41) is 0.689. The van der Waals surface area contributed by atoms with E-state index in [-0.39, 0.29) is 5.91 Å². The Hall–Kier alpha value is -2.70. The number of para-hydroxylation sites is 1. The predicted octanol–water partition coefficient (Wildman–Crippen LogP) is 5.57. The summed E-state index contributed by atoms with van der Waals surface area (Å²) in [4.78, 5) is 25.4. The lowest BCUT2D eigenvalue weighted by Gasteiger charge is -2.19. The molecule has 28 heavy (non-hydrogen) atoms. The minimum absolute atomic E-state index is 0.0741. The van der Waals surface area contributed by atoms with E-state index in [1.165, 1.54) is 11.3 Å². The maximum Gasteiger partial charge on any atom is 0.260 e. The van der Waals surface area contributed by atoms with Crippen LogP contribution in [0, 0.1) is 6.92 Å². The minimum atomic E-state index is -0.0741. The van der Waals surface area contributed by atoms with Crippen LogP contribution in [-0.2, 0) is 6.54 Å². The fourth-order valence-electron chi connectivity index (χ4n) is 2.96. The van der Waals surface area contributed by atoms with E-state index in [1.807, 2.05) is 73.8 Å². The van der Waals surface area contributed by atoms with Gasteiger partial charge in [-0.25, -0.2) is 4.98 Å². The SMILES string of the molecule is CSc1ccc(C(=O)N(Cc2ccccn2)c2nc3c(C)cccc3s2)cc1. The highest BCUT2D eigenvalue weighted by Crippen LogP contribution is 2.32. The molecule has 1 amide bonds. The van der Waals surface area contributed by atoms with Gasteiger partial charge in [-0.1, -0.05) is 29.5 Å². The lowest BCUT2D eigenvalue weighted by molar-refractivity contribution is 0.0984. The zero-order chi connectivity index (χ0) is 19.5. The van der Waals surface area contributed by atoms with Crippen molar-refractivity contribution in [1.29, 1.82) is 0 Å². The number of thioether (sulfide) groups is 1. The summed E-state index contributed by atoms with van der Waals surface area (Å²) in [6, 6.07) is 19.5. The van der Waals surface area contributed by atoms with Crippen LogP contribution in [0.2, 0.25) is 0 Å². The first kappa shape index (κ1) is 18.7. The molecule has 2 aromatic heterocycles. The summed E-state index contributed by atoms with van der Waals surface area (Å²) in [5.74, 6) is -0.0741. The third kappa shape index (κ3) is 3.79. The van der Waals surface area contributed by atoms with Crippen molar-refractivity contribution in [2.75, 3.05) is 11.2 Å². The summed E-state index contributed by atoms with van der Waals surface area (Å²) >= 11 is 3.19. The van der Waals surface area contributed by atoms with Gasteiger partial charge >= 0.3 is 0 Å². The number of amides is 1. The molecular formula is C22H19N3OS2. The van der Waals surface area contributed by atoms with Crippen molar-refractivity contribution < 1.29 is 4.79 Å². The van der Waals surface area contributed by atoms with Crippen LogP contribution in [0.5, 0.6) is 0 Å². The lowest BCUT2D eigenvalue weighted by atomic mass is 10.2. The van der Waals surface area contributed by atoms with Crippen LogP contribution in [-0.4, -0.2) is 22.1 Å². The topological polar surface area (TPSA) is 46.1 Å². The smallest absolute Gasteiger partial charge is 0.260 e. The molecule has 4 nitrogen and oxygen atoms in total. The molecule has 0 aliphatic carbocycles. The van der Waals surface area contributed by atoms with Crippen LogP contribution in [0.3, 0.4) is 0 Å². The average molecular weight is 406 g/mol. The van der Waals surface area contributed by atoms with E-state index in [1.54, 1.807) is 22.9 Å². The van der Waals surface area contributed by atoms with Crippen LogP contribution in [0.25, 0.3) is 10.2 Å². The average Bonchev–Trinajstić information content (AvgIpc) is 3.18. The second kappa shape index (κ2) is 8.12. The quantitative estimate of drug-likeness (QED) is 0.407. The van der Waals surface area contributed by atoms with Gasteiger partial charge in [-0.05, 0) is 61.2 Å². The van der Waals surface area contributed by atoms with Gasteiger partial charge in [-0.15, -0.1) is 11.8 Å². The molecule has 0 bridgehead atoms. The molecule has 0 radical (unpaired) electrons. The van der Waals surface area contributed by atoms with Gasteiger partial charge in [0.1, 0.15) is 0 Å². The normalized spacial score (nSPS) is 10.9. The largest absolute Gasteiger partial charge is 0.278 e. The Labute approximate surface area is 172 Å². The number of thiazole rings is 1. The number of nitrogens with zero attached hydrogens (tertiary/aromatic N) is 3. The van der Waals surface area contributed by atoms with E-state index in [0.29, 0.717) is 17.2 Å². The van der Waals surface area contributed by atoms with Gasteiger partial charge < -0.3 is 0 Å². The second-order valence-corrected chi connectivity index (χ2v) is 8.25. The number of hydrogen-bond donors (Lipinski definition) is 0. The van der Waals surface area contributed by atoms with Crippen molar-refractivity contribution in [3.63, 3.8) is 0 Å².